The first-order chi connectivity index (χ1) is 18.6. The summed E-state index contributed by atoms with van der Waals surface area (Å²) in [6.07, 6.45) is 3.65. The number of rotatable bonds is 5. The number of aliphatic hydroxyl groups is 2. The van der Waals surface area contributed by atoms with E-state index in [-0.39, 0.29) is 42.7 Å². The third-order valence-corrected chi connectivity index (χ3v) is 9.48. The van der Waals surface area contributed by atoms with Crippen molar-refractivity contribution in [3.05, 3.63) is 112 Å². The van der Waals surface area contributed by atoms with Gasteiger partial charge in [0.1, 0.15) is 6.07 Å². The van der Waals surface area contributed by atoms with Gasteiger partial charge in [0, 0.05) is 11.5 Å². The van der Waals surface area contributed by atoms with E-state index < -0.39 is 0 Å². The minimum atomic E-state index is -0.0421. The fourth-order valence-corrected chi connectivity index (χ4v) is 7.86. The van der Waals surface area contributed by atoms with Gasteiger partial charge in [-0.15, -0.1) is 0 Å². The molecular weight excluding hydrogens is 470 g/mol. The highest BCUT2D eigenvalue weighted by atomic mass is 16.3. The zero-order chi connectivity index (χ0) is 26.2. The van der Waals surface area contributed by atoms with Crippen LogP contribution >= 0.6 is 0 Å². The summed E-state index contributed by atoms with van der Waals surface area (Å²) in [5, 5.41) is 29.4. The van der Waals surface area contributed by atoms with Gasteiger partial charge in [-0.3, -0.25) is 4.79 Å². The maximum absolute atomic E-state index is 14.0. The molecule has 0 amide bonds. The molecule has 6 atom stereocenters. The molecular formula is C34H33NO3. The lowest BCUT2D eigenvalue weighted by molar-refractivity contribution is -0.120. The summed E-state index contributed by atoms with van der Waals surface area (Å²) in [5.74, 6) is 1.35. The Morgan fingerprint density at radius 3 is 1.66 bits per heavy atom. The molecule has 3 aliphatic rings. The van der Waals surface area contributed by atoms with Crippen LogP contribution < -0.4 is 0 Å². The Morgan fingerprint density at radius 1 is 0.684 bits per heavy atom. The monoisotopic (exact) mass is 503 g/mol. The summed E-state index contributed by atoms with van der Waals surface area (Å²) < 4.78 is 0. The standard InChI is InChI=1S/C34H33NO3/c35-18-30(23-4-2-1-3-5-23)33-28-16-14-26(24-10-6-21(19-36)7-11-24)31-27(15-17-29(32(28)31)34(33)38)25-12-8-22(20-37)9-13-25/h1-13,26-29,31-32,36-37H,14-17,19-20H2/b33-30+. The van der Waals surface area contributed by atoms with Crippen LogP contribution in [0.1, 0.15) is 65.3 Å². The number of nitriles is 1. The van der Waals surface area contributed by atoms with Crippen molar-refractivity contribution in [3.63, 3.8) is 0 Å². The fraction of sp³-hybridized carbons (Fsp3) is 0.353. The van der Waals surface area contributed by atoms with Crippen LogP contribution in [0.4, 0.5) is 0 Å². The highest BCUT2D eigenvalue weighted by Gasteiger charge is 2.58. The predicted molar refractivity (Wildman–Crippen MR) is 147 cm³/mol. The molecule has 6 unspecified atom stereocenters. The molecule has 38 heavy (non-hydrogen) atoms. The molecule has 3 saturated carbocycles. The highest BCUT2D eigenvalue weighted by Crippen LogP contribution is 2.63. The van der Waals surface area contributed by atoms with Gasteiger partial charge in [-0.2, -0.15) is 5.26 Å². The van der Waals surface area contributed by atoms with Crippen LogP contribution in [0.15, 0.2) is 84.4 Å². The summed E-state index contributed by atoms with van der Waals surface area (Å²) >= 11 is 0. The molecule has 192 valence electrons. The number of carbonyl (C=O) groups is 1. The third kappa shape index (κ3) is 4.11. The minimum absolute atomic E-state index is 0.0278. The molecule has 3 fully saturated rings. The maximum Gasteiger partial charge on any atom is 0.163 e. The minimum Gasteiger partial charge on any atom is -0.392 e. The van der Waals surface area contributed by atoms with E-state index >= 15 is 0 Å². The van der Waals surface area contributed by atoms with Gasteiger partial charge < -0.3 is 10.2 Å². The molecule has 3 aliphatic carbocycles. The lowest BCUT2D eigenvalue weighted by Gasteiger charge is -2.49. The molecule has 0 aromatic heterocycles. The van der Waals surface area contributed by atoms with Gasteiger partial charge in [0.05, 0.1) is 18.8 Å². The van der Waals surface area contributed by atoms with Crippen LogP contribution in [0, 0.1) is 35.0 Å². The normalized spacial score (nSPS) is 29.4. The van der Waals surface area contributed by atoms with E-state index in [2.05, 4.69) is 30.3 Å². The largest absolute Gasteiger partial charge is 0.392 e. The van der Waals surface area contributed by atoms with Gasteiger partial charge in [0.15, 0.2) is 5.78 Å². The number of hydrogen-bond acceptors (Lipinski definition) is 4. The number of hydrogen-bond donors (Lipinski definition) is 2. The molecule has 4 nitrogen and oxygen atoms in total. The zero-order valence-electron chi connectivity index (χ0n) is 21.5. The summed E-state index contributed by atoms with van der Waals surface area (Å²) in [6, 6.07) is 28.8. The Morgan fingerprint density at radius 2 is 1.16 bits per heavy atom. The molecule has 4 heteroatoms. The Kier molecular flexibility index (Phi) is 6.74. The van der Waals surface area contributed by atoms with E-state index in [0.717, 1.165) is 47.9 Å². The zero-order valence-corrected chi connectivity index (χ0v) is 21.5. The third-order valence-electron chi connectivity index (χ3n) is 9.48. The molecule has 0 radical (unpaired) electrons. The van der Waals surface area contributed by atoms with Crippen molar-refractivity contribution in [3.8, 4) is 6.07 Å². The first-order valence-electron chi connectivity index (χ1n) is 13.8. The Hall–Kier alpha value is -3.52. The quantitative estimate of drug-likeness (QED) is 0.323. The Balaban J connectivity index is 1.47. The number of aliphatic hydroxyl groups excluding tert-OH is 2. The summed E-state index contributed by atoms with van der Waals surface area (Å²) in [7, 11) is 0. The molecule has 3 aromatic rings. The number of allylic oxidation sites excluding steroid dienone is 2. The molecule has 3 aromatic carbocycles. The summed E-state index contributed by atoms with van der Waals surface area (Å²) in [6.45, 7) is 0.0557. The van der Waals surface area contributed by atoms with Gasteiger partial charge in [0.25, 0.3) is 0 Å². The van der Waals surface area contributed by atoms with E-state index in [9.17, 15) is 20.3 Å². The van der Waals surface area contributed by atoms with E-state index in [1.807, 2.05) is 54.6 Å². The van der Waals surface area contributed by atoms with Crippen molar-refractivity contribution in [2.45, 2.75) is 50.7 Å². The lowest BCUT2D eigenvalue weighted by atomic mass is 9.54. The number of carbonyl (C=O) groups excluding carboxylic acids is 1. The number of nitrogens with zero attached hydrogens (tertiary/aromatic N) is 1. The van der Waals surface area contributed by atoms with E-state index in [0.29, 0.717) is 17.4 Å². The van der Waals surface area contributed by atoms with Crippen LogP contribution in [-0.2, 0) is 18.0 Å². The van der Waals surface area contributed by atoms with E-state index in [1.165, 1.54) is 11.1 Å². The maximum atomic E-state index is 14.0. The number of Topliss-reactive ketones (excluding diaryl/α,β-unsaturated/α-hetero) is 1. The lowest BCUT2D eigenvalue weighted by Crippen LogP contribution is -2.41. The van der Waals surface area contributed by atoms with Gasteiger partial charge >= 0.3 is 0 Å². The predicted octanol–water partition coefficient (Wildman–Crippen LogP) is 6.15. The van der Waals surface area contributed by atoms with Crippen molar-refractivity contribution in [2.24, 2.45) is 23.7 Å². The van der Waals surface area contributed by atoms with E-state index in [1.54, 1.807) is 0 Å². The molecule has 2 N–H and O–H groups in total. The summed E-state index contributed by atoms with van der Waals surface area (Å²) in [4.78, 5) is 14.0. The van der Waals surface area contributed by atoms with Crippen LogP contribution in [0.2, 0.25) is 0 Å². The molecule has 0 bridgehead atoms. The van der Waals surface area contributed by atoms with Crippen LogP contribution in [0.3, 0.4) is 0 Å². The molecule has 0 heterocycles. The SMILES string of the molecule is N#C/C(=C1\C(=O)C2CCC(c3ccc(CO)cc3)C3C(c4ccc(CO)cc4)CCC1C23)c1ccccc1. The number of benzene rings is 3. The van der Waals surface area contributed by atoms with Gasteiger partial charge in [-0.05, 0) is 83.1 Å². The Bertz CT molecular complexity index is 1330. The van der Waals surface area contributed by atoms with Crippen molar-refractivity contribution < 1.29 is 15.0 Å². The first kappa shape index (κ1) is 24.8. The smallest absolute Gasteiger partial charge is 0.163 e. The van der Waals surface area contributed by atoms with Gasteiger partial charge in [-0.25, -0.2) is 0 Å². The van der Waals surface area contributed by atoms with Crippen LogP contribution in [0.5, 0.6) is 0 Å². The van der Waals surface area contributed by atoms with Gasteiger partial charge in [0.2, 0.25) is 0 Å². The average molecular weight is 504 g/mol. The second kappa shape index (κ2) is 10.3. The summed E-state index contributed by atoms with van der Waals surface area (Å²) in [5.41, 5.74) is 6.53. The fourth-order valence-electron chi connectivity index (χ4n) is 7.86. The van der Waals surface area contributed by atoms with Crippen molar-refractivity contribution >= 4 is 11.4 Å². The van der Waals surface area contributed by atoms with Gasteiger partial charge in [-0.1, -0.05) is 78.9 Å². The number of ketones is 1. The molecule has 6 rings (SSSR count). The molecule has 0 saturated heterocycles. The highest BCUT2D eigenvalue weighted by molar-refractivity contribution is 6.09. The van der Waals surface area contributed by atoms with Crippen molar-refractivity contribution in [1.82, 2.24) is 0 Å². The second-order valence-electron chi connectivity index (χ2n) is 11.2. The van der Waals surface area contributed by atoms with Crippen LogP contribution in [0.25, 0.3) is 5.57 Å². The van der Waals surface area contributed by atoms with Crippen molar-refractivity contribution in [1.29, 1.82) is 5.26 Å². The molecule has 0 spiro atoms. The van der Waals surface area contributed by atoms with E-state index in [4.69, 9.17) is 0 Å². The second-order valence-corrected chi connectivity index (χ2v) is 11.2. The first-order valence-corrected chi connectivity index (χ1v) is 13.8. The van der Waals surface area contributed by atoms with Crippen LogP contribution in [-0.4, -0.2) is 16.0 Å². The van der Waals surface area contributed by atoms with Crippen molar-refractivity contribution in [2.75, 3.05) is 0 Å². The Labute approximate surface area is 224 Å². The topological polar surface area (TPSA) is 81.3 Å². The molecule has 0 aliphatic heterocycles. The average Bonchev–Trinajstić information content (AvgIpc) is 3.27.